The number of rotatable bonds is 4. The maximum atomic E-state index is 6.17. The summed E-state index contributed by atoms with van der Waals surface area (Å²) in [7, 11) is 0. The first kappa shape index (κ1) is 15.1. The lowest BCUT2D eigenvalue weighted by molar-refractivity contribution is 0.289. The molecule has 1 aliphatic rings. The molecule has 112 valence electrons. The van der Waals surface area contributed by atoms with Gasteiger partial charge in [0.05, 0.1) is 11.7 Å². The van der Waals surface area contributed by atoms with Gasteiger partial charge in [0.15, 0.2) is 5.82 Å². The maximum Gasteiger partial charge on any atom is 0.231 e. The first-order valence-electron chi connectivity index (χ1n) is 7.19. The molecule has 2 aromatic rings. The van der Waals surface area contributed by atoms with Gasteiger partial charge in [0.1, 0.15) is 0 Å². The predicted molar refractivity (Wildman–Crippen MR) is 87.2 cm³/mol. The van der Waals surface area contributed by atoms with E-state index in [1.54, 1.807) is 11.8 Å². The molecule has 1 fully saturated rings. The maximum absolute atomic E-state index is 6.17. The minimum absolute atomic E-state index is 0.156. The molecule has 0 radical (unpaired) electrons. The van der Waals surface area contributed by atoms with E-state index >= 15 is 0 Å². The molecule has 0 amide bonds. The van der Waals surface area contributed by atoms with Gasteiger partial charge < -0.3 is 10.3 Å². The lowest BCUT2D eigenvalue weighted by Gasteiger charge is -2.25. The molecule has 1 saturated carbocycles. The number of aromatic nitrogens is 2. The summed E-state index contributed by atoms with van der Waals surface area (Å²) in [6.45, 7) is 0. The molecule has 1 heterocycles. The zero-order chi connectivity index (χ0) is 14.7. The first-order chi connectivity index (χ1) is 10.2. The SMILES string of the molecule is NC1CCCCC1c1nc(CSc2ccccc2Br)no1. The normalized spacial score (nSPS) is 22.4. The highest BCUT2D eigenvalue weighted by Gasteiger charge is 2.28. The Morgan fingerprint density at radius 3 is 2.90 bits per heavy atom. The van der Waals surface area contributed by atoms with Crippen molar-refractivity contribution in [2.24, 2.45) is 5.73 Å². The molecule has 0 spiro atoms. The van der Waals surface area contributed by atoms with Gasteiger partial charge in [-0.3, -0.25) is 0 Å². The second-order valence-corrected chi connectivity index (χ2v) is 7.19. The van der Waals surface area contributed by atoms with Gasteiger partial charge in [0, 0.05) is 15.4 Å². The van der Waals surface area contributed by atoms with Gasteiger partial charge in [-0.2, -0.15) is 4.98 Å². The van der Waals surface area contributed by atoms with Crippen LogP contribution < -0.4 is 5.73 Å². The van der Waals surface area contributed by atoms with Crippen LogP contribution in [0.2, 0.25) is 0 Å². The smallest absolute Gasteiger partial charge is 0.231 e. The molecule has 2 atom stereocenters. The highest BCUT2D eigenvalue weighted by molar-refractivity contribution is 9.10. The van der Waals surface area contributed by atoms with E-state index in [2.05, 4.69) is 32.1 Å². The Bertz CT molecular complexity index is 604. The van der Waals surface area contributed by atoms with E-state index in [0.717, 1.165) is 23.1 Å². The van der Waals surface area contributed by atoms with Crippen LogP contribution in [-0.2, 0) is 5.75 Å². The fourth-order valence-corrected chi connectivity index (χ4v) is 4.06. The lowest BCUT2D eigenvalue weighted by Crippen LogP contribution is -2.31. The summed E-state index contributed by atoms with van der Waals surface area (Å²) in [4.78, 5) is 5.71. The predicted octanol–water partition coefficient (Wildman–Crippen LogP) is 4.11. The number of halogens is 1. The Morgan fingerprint density at radius 2 is 2.10 bits per heavy atom. The third kappa shape index (κ3) is 3.67. The largest absolute Gasteiger partial charge is 0.339 e. The van der Waals surface area contributed by atoms with Gasteiger partial charge in [-0.15, -0.1) is 11.8 Å². The van der Waals surface area contributed by atoms with Crippen LogP contribution in [-0.4, -0.2) is 16.2 Å². The topological polar surface area (TPSA) is 64.9 Å². The second kappa shape index (κ2) is 6.94. The van der Waals surface area contributed by atoms with E-state index in [1.807, 2.05) is 18.2 Å². The number of benzene rings is 1. The first-order valence-corrected chi connectivity index (χ1v) is 8.97. The van der Waals surface area contributed by atoms with Crippen LogP contribution >= 0.6 is 27.7 Å². The van der Waals surface area contributed by atoms with Crippen molar-refractivity contribution in [2.75, 3.05) is 0 Å². The Balaban J connectivity index is 1.64. The molecule has 1 aromatic carbocycles. The van der Waals surface area contributed by atoms with E-state index in [9.17, 15) is 0 Å². The fourth-order valence-electron chi connectivity index (χ4n) is 2.65. The van der Waals surface area contributed by atoms with Crippen LogP contribution in [0.3, 0.4) is 0 Å². The summed E-state index contributed by atoms with van der Waals surface area (Å²) in [6, 6.07) is 8.29. The minimum Gasteiger partial charge on any atom is -0.339 e. The number of nitrogens with two attached hydrogens (primary N) is 1. The Labute approximate surface area is 137 Å². The summed E-state index contributed by atoms with van der Waals surface area (Å²) in [5.74, 6) is 2.38. The Hall–Kier alpha value is -0.850. The zero-order valence-corrected chi connectivity index (χ0v) is 14.1. The minimum atomic E-state index is 0.156. The summed E-state index contributed by atoms with van der Waals surface area (Å²) >= 11 is 5.24. The summed E-state index contributed by atoms with van der Waals surface area (Å²) < 4.78 is 6.52. The number of hydrogen-bond donors (Lipinski definition) is 1. The Kier molecular flexibility index (Phi) is 4.98. The van der Waals surface area contributed by atoms with Gasteiger partial charge in [-0.25, -0.2) is 0 Å². The molecule has 2 N–H and O–H groups in total. The van der Waals surface area contributed by atoms with E-state index in [1.165, 1.54) is 17.7 Å². The van der Waals surface area contributed by atoms with Crippen LogP contribution in [0.15, 0.2) is 38.2 Å². The standard InChI is InChI=1S/C15H18BrN3OS/c16-11-6-2-4-8-13(11)21-9-14-18-15(20-19-14)10-5-1-3-7-12(10)17/h2,4,6,8,10,12H,1,3,5,7,9,17H2. The quantitative estimate of drug-likeness (QED) is 0.823. The molecule has 4 nitrogen and oxygen atoms in total. The van der Waals surface area contributed by atoms with Crippen LogP contribution in [0.5, 0.6) is 0 Å². The summed E-state index contributed by atoms with van der Waals surface area (Å²) in [5, 5.41) is 4.09. The van der Waals surface area contributed by atoms with Gasteiger partial charge in [-0.05, 0) is 40.9 Å². The van der Waals surface area contributed by atoms with Crippen LogP contribution in [0.4, 0.5) is 0 Å². The Morgan fingerprint density at radius 1 is 1.29 bits per heavy atom. The van der Waals surface area contributed by atoms with Gasteiger partial charge in [-0.1, -0.05) is 30.1 Å². The molecule has 3 rings (SSSR count). The third-order valence-corrected chi connectivity index (χ3v) is 5.84. The molecule has 0 bridgehead atoms. The number of nitrogens with zero attached hydrogens (tertiary/aromatic N) is 2. The molecule has 1 aromatic heterocycles. The van der Waals surface area contributed by atoms with Crippen LogP contribution in [0, 0.1) is 0 Å². The number of thioether (sulfide) groups is 1. The highest BCUT2D eigenvalue weighted by Crippen LogP contribution is 2.32. The van der Waals surface area contributed by atoms with Gasteiger partial charge in [0.2, 0.25) is 5.89 Å². The van der Waals surface area contributed by atoms with Crippen molar-refractivity contribution in [2.45, 2.75) is 48.3 Å². The van der Waals surface area contributed by atoms with Gasteiger partial charge >= 0.3 is 0 Å². The third-order valence-electron chi connectivity index (χ3n) is 3.81. The van der Waals surface area contributed by atoms with Crippen molar-refractivity contribution in [3.05, 3.63) is 40.5 Å². The van der Waals surface area contributed by atoms with E-state index in [0.29, 0.717) is 11.6 Å². The van der Waals surface area contributed by atoms with Gasteiger partial charge in [0.25, 0.3) is 0 Å². The van der Waals surface area contributed by atoms with Crippen molar-refractivity contribution < 1.29 is 4.52 Å². The van der Waals surface area contributed by atoms with Crippen molar-refractivity contribution in [1.29, 1.82) is 0 Å². The van der Waals surface area contributed by atoms with E-state index in [4.69, 9.17) is 10.3 Å². The lowest BCUT2D eigenvalue weighted by atomic mass is 9.85. The molecule has 21 heavy (non-hydrogen) atoms. The van der Waals surface area contributed by atoms with Crippen LogP contribution in [0.25, 0.3) is 0 Å². The second-order valence-electron chi connectivity index (χ2n) is 5.32. The average Bonchev–Trinajstić information content (AvgIpc) is 2.96. The molecule has 2 unspecified atom stereocenters. The molecule has 0 aliphatic heterocycles. The molecule has 1 aliphatic carbocycles. The zero-order valence-electron chi connectivity index (χ0n) is 11.7. The van der Waals surface area contributed by atoms with Crippen molar-refractivity contribution in [1.82, 2.24) is 10.1 Å². The summed E-state index contributed by atoms with van der Waals surface area (Å²) in [6.07, 6.45) is 4.51. The van der Waals surface area contributed by atoms with Crippen molar-refractivity contribution >= 4 is 27.7 Å². The van der Waals surface area contributed by atoms with E-state index in [-0.39, 0.29) is 12.0 Å². The fraction of sp³-hybridized carbons (Fsp3) is 0.467. The van der Waals surface area contributed by atoms with Crippen molar-refractivity contribution in [3.8, 4) is 0 Å². The molecule has 0 saturated heterocycles. The van der Waals surface area contributed by atoms with Crippen LogP contribution in [0.1, 0.15) is 43.3 Å². The van der Waals surface area contributed by atoms with E-state index < -0.39 is 0 Å². The highest BCUT2D eigenvalue weighted by atomic mass is 79.9. The number of hydrogen-bond acceptors (Lipinski definition) is 5. The molecular formula is C15H18BrN3OS. The molecular weight excluding hydrogens is 350 g/mol. The average molecular weight is 368 g/mol. The molecule has 6 heteroatoms. The van der Waals surface area contributed by atoms with Crippen molar-refractivity contribution in [3.63, 3.8) is 0 Å². The summed E-state index contributed by atoms with van der Waals surface area (Å²) in [5.41, 5.74) is 6.17. The monoisotopic (exact) mass is 367 g/mol.